The average molecular weight is 296 g/mol. The maximum Gasteiger partial charge on any atom is 0.317 e. The zero-order valence-corrected chi connectivity index (χ0v) is 14.2. The van der Waals surface area contributed by atoms with Gasteiger partial charge in [-0.1, -0.05) is 6.92 Å². The lowest BCUT2D eigenvalue weighted by Gasteiger charge is -2.28. The standard InChI is InChI=1S/C15H28N4O2/c1-8-12(13-10(2)17-19(7)11(13)3)16-14(20)18(6)9-15(4,5)21/h12,21H,8-9H2,1-7H3,(H,16,20). The summed E-state index contributed by atoms with van der Waals surface area (Å²) in [4.78, 5) is 13.8. The van der Waals surface area contributed by atoms with E-state index < -0.39 is 5.60 Å². The van der Waals surface area contributed by atoms with Gasteiger partial charge in [-0.2, -0.15) is 5.10 Å². The molecule has 0 aliphatic carbocycles. The van der Waals surface area contributed by atoms with Crippen molar-refractivity contribution in [2.75, 3.05) is 13.6 Å². The molecule has 0 saturated heterocycles. The molecule has 0 aliphatic heterocycles. The number of carbonyl (C=O) groups is 1. The van der Waals surface area contributed by atoms with E-state index in [1.165, 1.54) is 4.90 Å². The average Bonchev–Trinajstić information content (AvgIpc) is 2.58. The molecule has 0 bridgehead atoms. The molecule has 120 valence electrons. The highest BCUT2D eigenvalue weighted by Crippen LogP contribution is 2.23. The fourth-order valence-corrected chi connectivity index (χ4v) is 2.58. The van der Waals surface area contributed by atoms with Gasteiger partial charge in [0, 0.05) is 25.4 Å². The summed E-state index contributed by atoms with van der Waals surface area (Å²) in [6.45, 7) is 9.64. The number of urea groups is 1. The van der Waals surface area contributed by atoms with E-state index in [4.69, 9.17) is 0 Å². The summed E-state index contributed by atoms with van der Waals surface area (Å²) in [5.41, 5.74) is 2.16. The SMILES string of the molecule is CCC(NC(=O)N(C)CC(C)(C)O)c1c(C)nn(C)c1C. The molecule has 1 aromatic heterocycles. The van der Waals surface area contributed by atoms with E-state index in [9.17, 15) is 9.90 Å². The first-order valence-electron chi connectivity index (χ1n) is 7.31. The molecule has 6 heteroatoms. The maximum absolute atomic E-state index is 12.3. The molecule has 1 atom stereocenters. The minimum Gasteiger partial charge on any atom is -0.389 e. The molecular formula is C15H28N4O2. The first-order valence-corrected chi connectivity index (χ1v) is 7.31. The van der Waals surface area contributed by atoms with Crippen LogP contribution in [-0.2, 0) is 7.05 Å². The first-order chi connectivity index (χ1) is 9.56. The molecule has 0 aliphatic rings. The van der Waals surface area contributed by atoms with E-state index in [0.717, 1.165) is 23.4 Å². The van der Waals surface area contributed by atoms with E-state index in [1.54, 1.807) is 20.9 Å². The van der Waals surface area contributed by atoms with Crippen LogP contribution >= 0.6 is 0 Å². The number of hydrogen-bond donors (Lipinski definition) is 2. The number of likely N-dealkylation sites (N-methyl/N-ethyl adjacent to an activating group) is 1. The molecule has 1 aromatic rings. The van der Waals surface area contributed by atoms with E-state index in [2.05, 4.69) is 10.4 Å². The third-order valence-corrected chi connectivity index (χ3v) is 3.59. The Hall–Kier alpha value is -1.56. The Bertz CT molecular complexity index is 503. The number of carbonyl (C=O) groups excluding carboxylic acids is 1. The van der Waals surface area contributed by atoms with Gasteiger partial charge in [-0.15, -0.1) is 0 Å². The highest BCUT2D eigenvalue weighted by atomic mass is 16.3. The second-order valence-corrected chi connectivity index (χ2v) is 6.29. The second-order valence-electron chi connectivity index (χ2n) is 6.29. The zero-order chi connectivity index (χ0) is 16.4. The monoisotopic (exact) mass is 296 g/mol. The predicted molar refractivity (Wildman–Crippen MR) is 83.2 cm³/mol. The molecule has 0 fully saturated rings. The van der Waals surface area contributed by atoms with Crippen molar-refractivity contribution in [1.29, 1.82) is 0 Å². The number of aliphatic hydroxyl groups is 1. The summed E-state index contributed by atoms with van der Waals surface area (Å²) in [6, 6.07) is -0.262. The fraction of sp³-hybridized carbons (Fsp3) is 0.733. The van der Waals surface area contributed by atoms with Crippen LogP contribution in [0.4, 0.5) is 4.79 Å². The van der Waals surface area contributed by atoms with Gasteiger partial charge in [-0.25, -0.2) is 4.79 Å². The van der Waals surface area contributed by atoms with Crippen LogP contribution in [0.3, 0.4) is 0 Å². The molecule has 0 radical (unpaired) electrons. The molecular weight excluding hydrogens is 268 g/mol. The summed E-state index contributed by atoms with van der Waals surface area (Å²) in [5.74, 6) is 0. The lowest BCUT2D eigenvalue weighted by molar-refractivity contribution is 0.0527. The lowest BCUT2D eigenvalue weighted by Crippen LogP contribution is -2.45. The van der Waals surface area contributed by atoms with Gasteiger partial charge in [0.05, 0.1) is 23.9 Å². The van der Waals surface area contributed by atoms with Crippen molar-refractivity contribution in [1.82, 2.24) is 20.0 Å². The third-order valence-electron chi connectivity index (χ3n) is 3.59. The normalized spacial score (nSPS) is 13.1. The highest BCUT2D eigenvalue weighted by molar-refractivity contribution is 5.74. The zero-order valence-electron chi connectivity index (χ0n) is 14.2. The molecule has 6 nitrogen and oxygen atoms in total. The topological polar surface area (TPSA) is 70.4 Å². The Morgan fingerprint density at radius 2 is 2.05 bits per heavy atom. The van der Waals surface area contributed by atoms with Gasteiger partial charge in [0.2, 0.25) is 0 Å². The van der Waals surface area contributed by atoms with Crippen molar-refractivity contribution in [3.8, 4) is 0 Å². The van der Waals surface area contributed by atoms with E-state index in [1.807, 2.05) is 32.5 Å². The summed E-state index contributed by atoms with van der Waals surface area (Å²) in [7, 11) is 3.59. The molecule has 0 saturated carbocycles. The smallest absolute Gasteiger partial charge is 0.317 e. The van der Waals surface area contributed by atoms with Crippen LogP contribution in [0.2, 0.25) is 0 Å². The van der Waals surface area contributed by atoms with Gasteiger partial charge in [0.1, 0.15) is 0 Å². The Morgan fingerprint density at radius 3 is 2.43 bits per heavy atom. The number of aromatic nitrogens is 2. The lowest BCUT2D eigenvalue weighted by atomic mass is 10.0. The van der Waals surface area contributed by atoms with Crippen molar-refractivity contribution < 1.29 is 9.90 Å². The van der Waals surface area contributed by atoms with E-state index >= 15 is 0 Å². The predicted octanol–water partition coefficient (Wildman–Crippen LogP) is 1.90. The maximum atomic E-state index is 12.3. The van der Waals surface area contributed by atoms with Crippen LogP contribution < -0.4 is 5.32 Å². The fourth-order valence-electron chi connectivity index (χ4n) is 2.58. The van der Waals surface area contributed by atoms with E-state index in [-0.39, 0.29) is 18.6 Å². The van der Waals surface area contributed by atoms with Crippen LogP contribution in [-0.4, -0.2) is 45.0 Å². The Kier molecular flexibility index (Phi) is 5.39. The van der Waals surface area contributed by atoms with Crippen molar-refractivity contribution in [3.05, 3.63) is 17.0 Å². The van der Waals surface area contributed by atoms with Crippen LogP contribution in [0, 0.1) is 13.8 Å². The number of nitrogens with one attached hydrogen (secondary N) is 1. The van der Waals surface area contributed by atoms with Crippen molar-refractivity contribution in [3.63, 3.8) is 0 Å². The summed E-state index contributed by atoms with van der Waals surface area (Å²) in [6.07, 6.45) is 0.787. The molecule has 2 amide bonds. The van der Waals surface area contributed by atoms with Gasteiger partial charge in [-0.3, -0.25) is 4.68 Å². The molecule has 1 unspecified atom stereocenters. The number of nitrogens with zero attached hydrogens (tertiary/aromatic N) is 3. The highest BCUT2D eigenvalue weighted by Gasteiger charge is 2.24. The third kappa shape index (κ3) is 4.46. The Balaban J connectivity index is 2.85. The minimum atomic E-state index is -0.909. The van der Waals surface area contributed by atoms with Gasteiger partial charge >= 0.3 is 6.03 Å². The van der Waals surface area contributed by atoms with E-state index in [0.29, 0.717) is 0 Å². The van der Waals surface area contributed by atoms with Crippen molar-refractivity contribution in [2.24, 2.45) is 7.05 Å². The number of rotatable bonds is 5. The largest absolute Gasteiger partial charge is 0.389 e. The molecule has 1 rings (SSSR count). The van der Waals surface area contributed by atoms with Crippen LogP contribution in [0.15, 0.2) is 0 Å². The van der Waals surface area contributed by atoms with Crippen LogP contribution in [0.25, 0.3) is 0 Å². The molecule has 2 N–H and O–H groups in total. The Labute approximate surface area is 127 Å². The molecule has 1 heterocycles. The number of amides is 2. The van der Waals surface area contributed by atoms with Crippen LogP contribution in [0.1, 0.15) is 50.2 Å². The number of hydrogen-bond acceptors (Lipinski definition) is 3. The summed E-state index contributed by atoms with van der Waals surface area (Å²) >= 11 is 0. The van der Waals surface area contributed by atoms with Gasteiger partial charge in [0.25, 0.3) is 0 Å². The van der Waals surface area contributed by atoms with Crippen LogP contribution in [0.5, 0.6) is 0 Å². The molecule has 0 aromatic carbocycles. The quantitative estimate of drug-likeness (QED) is 0.872. The molecule has 21 heavy (non-hydrogen) atoms. The minimum absolute atomic E-state index is 0.0737. The van der Waals surface area contributed by atoms with Gasteiger partial charge in [-0.05, 0) is 34.1 Å². The second kappa shape index (κ2) is 6.47. The van der Waals surface area contributed by atoms with Crippen molar-refractivity contribution in [2.45, 2.75) is 52.7 Å². The van der Waals surface area contributed by atoms with Gasteiger partial charge in [0.15, 0.2) is 0 Å². The van der Waals surface area contributed by atoms with Crippen molar-refractivity contribution >= 4 is 6.03 Å². The molecule has 0 spiro atoms. The summed E-state index contributed by atoms with van der Waals surface area (Å²) < 4.78 is 1.83. The summed E-state index contributed by atoms with van der Waals surface area (Å²) in [5, 5.41) is 17.2. The first kappa shape index (κ1) is 17.5. The Morgan fingerprint density at radius 1 is 1.48 bits per heavy atom. The number of aryl methyl sites for hydroxylation is 2. The van der Waals surface area contributed by atoms with Gasteiger partial charge < -0.3 is 15.3 Å².